The molecule has 3 aromatic rings. The highest BCUT2D eigenvalue weighted by atomic mass is 79.9. The number of methoxy groups -OCH3 is 1. The minimum absolute atomic E-state index is 0.0229. The first kappa shape index (κ1) is 16.3. The second-order valence-corrected chi connectivity index (χ2v) is 6.55. The van der Waals surface area contributed by atoms with Crippen molar-refractivity contribution in [2.75, 3.05) is 19.0 Å². The number of ether oxygens (including phenoxy) is 2. The molecule has 0 radical (unpaired) electrons. The summed E-state index contributed by atoms with van der Waals surface area (Å²) in [6, 6.07) is 7.67. The Kier molecular flexibility index (Phi) is 4.54. The van der Waals surface area contributed by atoms with Gasteiger partial charge in [0.05, 0.1) is 13.4 Å². The van der Waals surface area contributed by atoms with Crippen LogP contribution in [0, 0.1) is 0 Å². The van der Waals surface area contributed by atoms with Crippen LogP contribution >= 0.6 is 15.9 Å². The van der Waals surface area contributed by atoms with Crippen LogP contribution in [0.1, 0.15) is 25.5 Å². The predicted molar refractivity (Wildman–Crippen MR) is 98.1 cm³/mol. The largest absolute Gasteiger partial charge is 0.497 e. The van der Waals surface area contributed by atoms with Crippen LogP contribution in [0.15, 0.2) is 35.3 Å². The lowest BCUT2D eigenvalue weighted by Crippen LogP contribution is -2.17. The molecular weight excluding hydrogens is 386 g/mol. The summed E-state index contributed by atoms with van der Waals surface area (Å²) in [7, 11) is 1.64. The third-order valence-electron chi connectivity index (χ3n) is 4.19. The van der Waals surface area contributed by atoms with Crippen molar-refractivity contribution in [1.82, 2.24) is 19.5 Å². The normalized spacial score (nSPS) is 17.6. The fourth-order valence-electron chi connectivity index (χ4n) is 2.97. The summed E-state index contributed by atoms with van der Waals surface area (Å²) in [6.45, 7) is 0.769. The molecule has 130 valence electrons. The lowest BCUT2D eigenvalue weighted by molar-refractivity contribution is -0.0298. The number of halogens is 1. The van der Waals surface area contributed by atoms with E-state index in [0.29, 0.717) is 16.1 Å². The van der Waals surface area contributed by atoms with Gasteiger partial charge < -0.3 is 14.8 Å². The first-order chi connectivity index (χ1) is 12.2. The van der Waals surface area contributed by atoms with E-state index in [1.54, 1.807) is 13.4 Å². The number of aromatic nitrogens is 4. The topological polar surface area (TPSA) is 74.1 Å². The lowest BCUT2D eigenvalue weighted by Gasteiger charge is -2.23. The SMILES string of the molecule is COc1cccc(Nc2nc(Br)nc3c2ncn3C2CCCCO2)c1. The van der Waals surface area contributed by atoms with Crippen LogP contribution in [-0.4, -0.2) is 33.2 Å². The quantitative estimate of drug-likeness (QED) is 0.662. The van der Waals surface area contributed by atoms with Gasteiger partial charge >= 0.3 is 0 Å². The molecule has 0 spiro atoms. The summed E-state index contributed by atoms with van der Waals surface area (Å²) in [5.41, 5.74) is 2.33. The molecule has 0 saturated carbocycles. The molecule has 3 heterocycles. The van der Waals surface area contributed by atoms with Crippen molar-refractivity contribution in [3.8, 4) is 5.75 Å². The lowest BCUT2D eigenvalue weighted by atomic mass is 10.2. The summed E-state index contributed by atoms with van der Waals surface area (Å²) in [5.74, 6) is 1.41. The zero-order chi connectivity index (χ0) is 17.2. The summed E-state index contributed by atoms with van der Waals surface area (Å²) in [5, 5.41) is 3.30. The number of nitrogens with zero attached hydrogens (tertiary/aromatic N) is 4. The Morgan fingerprint density at radius 1 is 1.32 bits per heavy atom. The van der Waals surface area contributed by atoms with Crippen LogP contribution in [0.4, 0.5) is 11.5 Å². The molecule has 1 aromatic carbocycles. The van der Waals surface area contributed by atoms with Crippen molar-refractivity contribution in [2.24, 2.45) is 0 Å². The van der Waals surface area contributed by atoms with Crippen LogP contribution in [-0.2, 0) is 4.74 Å². The number of imidazole rings is 1. The highest BCUT2D eigenvalue weighted by molar-refractivity contribution is 9.10. The number of anilines is 2. The van der Waals surface area contributed by atoms with E-state index in [1.165, 1.54) is 0 Å². The zero-order valence-electron chi connectivity index (χ0n) is 13.8. The van der Waals surface area contributed by atoms with Gasteiger partial charge in [0.25, 0.3) is 0 Å². The molecule has 1 aliphatic rings. The van der Waals surface area contributed by atoms with E-state index in [1.807, 2.05) is 28.8 Å². The summed E-state index contributed by atoms with van der Waals surface area (Å²) >= 11 is 3.40. The molecule has 4 rings (SSSR count). The fraction of sp³-hybridized carbons (Fsp3) is 0.353. The highest BCUT2D eigenvalue weighted by Crippen LogP contribution is 2.30. The number of nitrogens with one attached hydrogen (secondary N) is 1. The molecule has 2 aromatic heterocycles. The van der Waals surface area contributed by atoms with E-state index < -0.39 is 0 Å². The molecular formula is C17H18BrN5O2. The monoisotopic (exact) mass is 403 g/mol. The van der Waals surface area contributed by atoms with E-state index in [9.17, 15) is 0 Å². The fourth-order valence-corrected chi connectivity index (χ4v) is 3.31. The average molecular weight is 404 g/mol. The van der Waals surface area contributed by atoms with Crippen molar-refractivity contribution in [2.45, 2.75) is 25.5 Å². The van der Waals surface area contributed by atoms with Gasteiger partial charge in [-0.05, 0) is 47.3 Å². The van der Waals surface area contributed by atoms with Crippen molar-refractivity contribution >= 4 is 38.6 Å². The van der Waals surface area contributed by atoms with Crippen LogP contribution in [0.5, 0.6) is 5.75 Å². The second kappa shape index (κ2) is 6.97. The van der Waals surface area contributed by atoms with Gasteiger partial charge in [-0.1, -0.05) is 6.07 Å². The van der Waals surface area contributed by atoms with Gasteiger partial charge in [0.2, 0.25) is 4.73 Å². The predicted octanol–water partition coefficient (Wildman–Crippen LogP) is 4.04. The number of rotatable bonds is 4. The van der Waals surface area contributed by atoms with Gasteiger partial charge in [-0.2, -0.15) is 0 Å². The molecule has 1 unspecified atom stereocenters. The molecule has 1 aliphatic heterocycles. The summed E-state index contributed by atoms with van der Waals surface area (Å²) < 4.78 is 13.6. The summed E-state index contributed by atoms with van der Waals surface area (Å²) in [6.07, 6.45) is 4.96. The zero-order valence-corrected chi connectivity index (χ0v) is 15.4. The molecule has 0 bridgehead atoms. The maximum Gasteiger partial charge on any atom is 0.200 e. The Morgan fingerprint density at radius 3 is 3.04 bits per heavy atom. The standard InChI is InChI=1S/C17H18BrN5O2/c1-24-12-6-4-5-11(9-12)20-15-14-16(22-17(18)21-15)23(10-19-14)13-7-2-3-8-25-13/h4-6,9-10,13H,2-3,7-8H2,1H3,(H,20,21,22). The van der Waals surface area contributed by atoms with Gasteiger partial charge in [0.15, 0.2) is 17.0 Å². The Balaban J connectivity index is 1.72. The summed E-state index contributed by atoms with van der Waals surface area (Å²) in [4.78, 5) is 13.5. The molecule has 1 saturated heterocycles. The van der Waals surface area contributed by atoms with Gasteiger partial charge in [-0.25, -0.2) is 15.0 Å². The Labute approximate surface area is 153 Å². The minimum Gasteiger partial charge on any atom is -0.497 e. The third kappa shape index (κ3) is 3.32. The number of hydrogen-bond acceptors (Lipinski definition) is 6. The van der Waals surface area contributed by atoms with Crippen LogP contribution in [0.2, 0.25) is 0 Å². The highest BCUT2D eigenvalue weighted by Gasteiger charge is 2.21. The smallest absolute Gasteiger partial charge is 0.200 e. The van der Waals surface area contributed by atoms with Crippen LogP contribution in [0.3, 0.4) is 0 Å². The molecule has 7 nitrogen and oxygen atoms in total. The Bertz CT molecular complexity index is 892. The van der Waals surface area contributed by atoms with E-state index >= 15 is 0 Å². The number of hydrogen-bond donors (Lipinski definition) is 1. The van der Waals surface area contributed by atoms with E-state index in [2.05, 4.69) is 36.2 Å². The van der Waals surface area contributed by atoms with Crippen molar-refractivity contribution in [1.29, 1.82) is 0 Å². The molecule has 25 heavy (non-hydrogen) atoms. The molecule has 1 atom stereocenters. The van der Waals surface area contributed by atoms with E-state index in [-0.39, 0.29) is 6.23 Å². The first-order valence-electron chi connectivity index (χ1n) is 8.17. The second-order valence-electron chi connectivity index (χ2n) is 5.84. The maximum atomic E-state index is 5.87. The number of benzene rings is 1. The molecule has 0 amide bonds. The van der Waals surface area contributed by atoms with E-state index in [4.69, 9.17) is 9.47 Å². The van der Waals surface area contributed by atoms with Gasteiger partial charge in [0, 0.05) is 18.4 Å². The van der Waals surface area contributed by atoms with Crippen LogP contribution in [0.25, 0.3) is 11.2 Å². The van der Waals surface area contributed by atoms with Gasteiger partial charge in [-0.3, -0.25) is 4.57 Å². The van der Waals surface area contributed by atoms with Crippen molar-refractivity contribution < 1.29 is 9.47 Å². The molecule has 8 heteroatoms. The first-order valence-corrected chi connectivity index (χ1v) is 8.96. The van der Waals surface area contributed by atoms with E-state index in [0.717, 1.165) is 43.0 Å². The molecule has 1 fully saturated rings. The van der Waals surface area contributed by atoms with Crippen molar-refractivity contribution in [3.05, 3.63) is 35.3 Å². The van der Waals surface area contributed by atoms with Gasteiger partial charge in [-0.15, -0.1) is 0 Å². The average Bonchev–Trinajstić information content (AvgIpc) is 3.06. The minimum atomic E-state index is -0.0229. The molecule has 1 N–H and O–H groups in total. The third-order valence-corrected chi connectivity index (χ3v) is 4.55. The Morgan fingerprint density at radius 2 is 2.24 bits per heavy atom. The van der Waals surface area contributed by atoms with Gasteiger partial charge in [0.1, 0.15) is 12.0 Å². The maximum absolute atomic E-state index is 5.87. The molecule has 0 aliphatic carbocycles. The van der Waals surface area contributed by atoms with Crippen LogP contribution < -0.4 is 10.1 Å². The Hall–Kier alpha value is -2.19. The van der Waals surface area contributed by atoms with Crippen molar-refractivity contribution in [3.63, 3.8) is 0 Å². The number of fused-ring (bicyclic) bond motifs is 1.